The lowest BCUT2D eigenvalue weighted by molar-refractivity contribution is -0.120. The minimum atomic E-state index is -0.852. The molecule has 0 saturated heterocycles. The summed E-state index contributed by atoms with van der Waals surface area (Å²) in [5.74, 6) is -0.473. The van der Waals surface area contributed by atoms with Crippen LogP contribution in [0.15, 0.2) is 12.3 Å². The molecule has 3 N–H and O–H groups in total. The van der Waals surface area contributed by atoms with Gasteiger partial charge in [0.1, 0.15) is 6.54 Å². The van der Waals surface area contributed by atoms with E-state index in [4.69, 9.17) is 5.73 Å². The number of amides is 3. The number of carbonyl (C=O) groups excluding carboxylic acids is 2. The maximum atomic E-state index is 11.0. The summed E-state index contributed by atoms with van der Waals surface area (Å²) in [4.78, 5) is 21.3. The van der Waals surface area contributed by atoms with Crippen molar-refractivity contribution in [2.24, 2.45) is 5.73 Å². The molecule has 0 aliphatic heterocycles. The van der Waals surface area contributed by atoms with E-state index < -0.39 is 11.9 Å². The number of carbonyl (C=O) groups is 2. The second-order valence-electron chi connectivity index (χ2n) is 2.54. The van der Waals surface area contributed by atoms with Crippen molar-refractivity contribution in [3.63, 3.8) is 0 Å². The van der Waals surface area contributed by atoms with Gasteiger partial charge in [0.25, 0.3) is 0 Å². The molecule has 0 saturated carbocycles. The molecule has 70 valence electrons. The van der Waals surface area contributed by atoms with E-state index in [0.29, 0.717) is 0 Å². The molecule has 1 heterocycles. The topological polar surface area (TPSA) is 90.0 Å². The molecule has 0 aliphatic carbocycles. The van der Waals surface area contributed by atoms with Crippen LogP contribution in [-0.2, 0) is 11.3 Å². The summed E-state index contributed by atoms with van der Waals surface area (Å²) in [6.45, 7) is 1.81. The van der Waals surface area contributed by atoms with Crippen molar-refractivity contribution in [1.82, 2.24) is 15.1 Å². The number of aromatic nitrogens is 2. The molecule has 1 aromatic heterocycles. The third-order valence-electron chi connectivity index (χ3n) is 1.48. The summed E-state index contributed by atoms with van der Waals surface area (Å²) >= 11 is 0. The molecular formula is C7H10N4O2. The average molecular weight is 182 g/mol. The molecule has 0 spiro atoms. The molecule has 13 heavy (non-hydrogen) atoms. The number of imide groups is 1. The first-order valence-corrected chi connectivity index (χ1v) is 3.67. The van der Waals surface area contributed by atoms with Gasteiger partial charge in [-0.15, -0.1) is 0 Å². The van der Waals surface area contributed by atoms with Crippen LogP contribution in [0.1, 0.15) is 5.69 Å². The number of urea groups is 1. The van der Waals surface area contributed by atoms with E-state index in [9.17, 15) is 9.59 Å². The zero-order valence-corrected chi connectivity index (χ0v) is 7.15. The van der Waals surface area contributed by atoms with Crippen LogP contribution in [0, 0.1) is 6.92 Å². The molecule has 0 fully saturated rings. The van der Waals surface area contributed by atoms with Crippen molar-refractivity contribution in [2.45, 2.75) is 13.5 Å². The van der Waals surface area contributed by atoms with Crippen LogP contribution in [0.3, 0.4) is 0 Å². The number of aryl methyl sites for hydroxylation is 1. The van der Waals surface area contributed by atoms with Crippen LogP contribution in [0.4, 0.5) is 4.79 Å². The van der Waals surface area contributed by atoms with Gasteiger partial charge in [-0.1, -0.05) is 0 Å². The second kappa shape index (κ2) is 3.70. The van der Waals surface area contributed by atoms with E-state index in [2.05, 4.69) is 5.10 Å². The molecule has 0 aromatic carbocycles. The molecule has 0 unspecified atom stereocenters. The Hall–Kier alpha value is -1.85. The zero-order chi connectivity index (χ0) is 9.84. The normalized spacial score (nSPS) is 9.62. The highest BCUT2D eigenvalue weighted by Gasteiger charge is 2.06. The quantitative estimate of drug-likeness (QED) is 0.639. The number of nitrogens with zero attached hydrogens (tertiary/aromatic N) is 2. The molecule has 6 heteroatoms. The number of primary amides is 1. The molecule has 6 nitrogen and oxygen atoms in total. The van der Waals surface area contributed by atoms with Crippen molar-refractivity contribution in [3.8, 4) is 0 Å². The molecule has 0 bridgehead atoms. The Kier molecular flexibility index (Phi) is 2.63. The average Bonchev–Trinajstić information content (AvgIpc) is 2.34. The summed E-state index contributed by atoms with van der Waals surface area (Å²) < 4.78 is 1.47. The maximum absolute atomic E-state index is 11.0. The largest absolute Gasteiger partial charge is 0.351 e. The SMILES string of the molecule is Cc1ccnn1CC(=O)NC(N)=O. The van der Waals surface area contributed by atoms with Gasteiger partial charge >= 0.3 is 6.03 Å². The van der Waals surface area contributed by atoms with Crippen LogP contribution >= 0.6 is 0 Å². The van der Waals surface area contributed by atoms with Gasteiger partial charge in [0.2, 0.25) is 5.91 Å². The standard InChI is InChI=1S/C7H10N4O2/c1-5-2-3-9-11(5)4-6(12)10-7(8)13/h2-3H,4H2,1H3,(H3,8,10,12,13). The highest BCUT2D eigenvalue weighted by molar-refractivity contribution is 5.93. The van der Waals surface area contributed by atoms with E-state index >= 15 is 0 Å². The number of rotatable bonds is 2. The molecule has 0 aliphatic rings. The number of nitrogens with one attached hydrogen (secondary N) is 1. The lowest BCUT2D eigenvalue weighted by atomic mass is 10.5. The Morgan fingerprint density at radius 1 is 1.69 bits per heavy atom. The lowest BCUT2D eigenvalue weighted by Gasteiger charge is -2.02. The monoisotopic (exact) mass is 182 g/mol. The third kappa shape index (κ3) is 2.58. The maximum Gasteiger partial charge on any atom is 0.318 e. The fraction of sp³-hybridized carbons (Fsp3) is 0.286. The minimum absolute atomic E-state index is 0.00176. The van der Waals surface area contributed by atoms with Gasteiger partial charge in [-0.05, 0) is 13.0 Å². The molecule has 1 rings (SSSR count). The van der Waals surface area contributed by atoms with Gasteiger partial charge in [-0.2, -0.15) is 5.10 Å². The summed E-state index contributed by atoms with van der Waals surface area (Å²) in [6.07, 6.45) is 1.58. The van der Waals surface area contributed by atoms with Gasteiger partial charge in [0, 0.05) is 11.9 Å². The van der Waals surface area contributed by atoms with Gasteiger partial charge in [-0.25, -0.2) is 4.79 Å². The van der Waals surface area contributed by atoms with Gasteiger partial charge in [-0.3, -0.25) is 14.8 Å². The first-order valence-electron chi connectivity index (χ1n) is 3.67. The number of hydrogen-bond acceptors (Lipinski definition) is 3. The summed E-state index contributed by atoms with van der Waals surface area (Å²) in [6, 6.07) is 0.909. The van der Waals surface area contributed by atoms with E-state index in [-0.39, 0.29) is 6.54 Å². The number of nitrogens with two attached hydrogens (primary N) is 1. The summed E-state index contributed by atoms with van der Waals surface area (Å²) in [5, 5.41) is 5.81. The van der Waals surface area contributed by atoms with Crippen LogP contribution in [0.2, 0.25) is 0 Å². The van der Waals surface area contributed by atoms with Crippen molar-refractivity contribution in [2.75, 3.05) is 0 Å². The van der Waals surface area contributed by atoms with Crippen molar-refractivity contribution < 1.29 is 9.59 Å². The van der Waals surface area contributed by atoms with Crippen molar-refractivity contribution in [1.29, 1.82) is 0 Å². The van der Waals surface area contributed by atoms with Gasteiger partial charge in [0.15, 0.2) is 0 Å². The predicted molar refractivity (Wildman–Crippen MR) is 44.7 cm³/mol. The van der Waals surface area contributed by atoms with Crippen LogP contribution in [0.25, 0.3) is 0 Å². The molecule has 0 atom stereocenters. The lowest BCUT2D eigenvalue weighted by Crippen LogP contribution is -2.37. The van der Waals surface area contributed by atoms with Gasteiger partial charge < -0.3 is 5.73 Å². The van der Waals surface area contributed by atoms with Crippen LogP contribution < -0.4 is 11.1 Å². The Labute approximate surface area is 74.7 Å². The van der Waals surface area contributed by atoms with E-state index in [1.165, 1.54) is 4.68 Å². The minimum Gasteiger partial charge on any atom is -0.351 e. The third-order valence-corrected chi connectivity index (χ3v) is 1.48. The zero-order valence-electron chi connectivity index (χ0n) is 7.15. The summed E-state index contributed by atoms with van der Waals surface area (Å²) in [7, 11) is 0. The molecule has 1 aromatic rings. The van der Waals surface area contributed by atoms with Crippen molar-refractivity contribution in [3.05, 3.63) is 18.0 Å². The Balaban J connectivity index is 2.55. The highest BCUT2D eigenvalue weighted by Crippen LogP contribution is 1.94. The molecular weight excluding hydrogens is 172 g/mol. The first kappa shape index (κ1) is 9.24. The first-order chi connectivity index (χ1) is 6.09. The van der Waals surface area contributed by atoms with E-state index in [1.54, 1.807) is 12.3 Å². The van der Waals surface area contributed by atoms with E-state index in [1.807, 2.05) is 12.2 Å². The van der Waals surface area contributed by atoms with Crippen molar-refractivity contribution >= 4 is 11.9 Å². The fourth-order valence-corrected chi connectivity index (χ4v) is 0.877. The Morgan fingerprint density at radius 3 is 2.85 bits per heavy atom. The molecule has 3 amide bonds. The Bertz CT molecular complexity index is 331. The smallest absolute Gasteiger partial charge is 0.318 e. The second-order valence-corrected chi connectivity index (χ2v) is 2.54. The molecule has 0 radical (unpaired) electrons. The predicted octanol–water partition coefficient (Wildman–Crippen LogP) is -0.614. The van der Waals surface area contributed by atoms with Gasteiger partial charge in [0.05, 0.1) is 0 Å². The fourth-order valence-electron chi connectivity index (χ4n) is 0.877. The number of hydrogen-bond donors (Lipinski definition) is 2. The summed E-state index contributed by atoms with van der Waals surface area (Å²) in [5.41, 5.74) is 5.61. The van der Waals surface area contributed by atoms with E-state index in [0.717, 1.165) is 5.69 Å². The highest BCUT2D eigenvalue weighted by atomic mass is 16.2. The Morgan fingerprint density at radius 2 is 2.38 bits per heavy atom. The van der Waals surface area contributed by atoms with Crippen LogP contribution in [-0.4, -0.2) is 21.7 Å². The van der Waals surface area contributed by atoms with Crippen LogP contribution in [0.5, 0.6) is 0 Å².